The molecule has 0 aliphatic rings. The predicted molar refractivity (Wildman–Crippen MR) is 84.9 cm³/mol. The highest BCUT2D eigenvalue weighted by Crippen LogP contribution is 2.26. The molecule has 1 aromatic carbocycles. The summed E-state index contributed by atoms with van der Waals surface area (Å²) in [5, 5.41) is 14.0. The molecule has 0 bridgehead atoms. The van der Waals surface area contributed by atoms with Crippen molar-refractivity contribution in [2.45, 2.75) is 0 Å². The number of rotatable bonds is 3. The monoisotopic (exact) mass is 394 g/mol. The molecule has 0 amide bonds. The van der Waals surface area contributed by atoms with Gasteiger partial charge in [-0.1, -0.05) is 24.3 Å². The molecule has 0 aliphatic carbocycles. The van der Waals surface area contributed by atoms with E-state index in [4.69, 9.17) is 4.42 Å². The van der Waals surface area contributed by atoms with E-state index in [9.17, 15) is 0 Å². The molecule has 0 saturated carbocycles. The number of furan rings is 1. The van der Waals surface area contributed by atoms with Crippen LogP contribution in [0.4, 0.5) is 5.82 Å². The summed E-state index contributed by atoms with van der Waals surface area (Å²) in [5.41, 5.74) is 2.87. The first kappa shape index (κ1) is 13.3. The molecule has 0 atom stereocenters. The SMILES string of the molecule is Brc1cc(/C=N\Nc2nncc3ccccc23)oc1Br. The van der Waals surface area contributed by atoms with Crippen molar-refractivity contribution in [2.24, 2.45) is 5.10 Å². The summed E-state index contributed by atoms with van der Waals surface area (Å²) in [6.45, 7) is 0. The van der Waals surface area contributed by atoms with Crippen molar-refractivity contribution in [3.63, 3.8) is 0 Å². The Labute approximate surface area is 131 Å². The number of halogens is 2. The van der Waals surface area contributed by atoms with E-state index < -0.39 is 0 Å². The van der Waals surface area contributed by atoms with Gasteiger partial charge in [0.25, 0.3) is 0 Å². The van der Waals surface area contributed by atoms with Gasteiger partial charge < -0.3 is 4.42 Å². The van der Waals surface area contributed by atoms with Gasteiger partial charge in [-0.15, -0.1) is 5.10 Å². The van der Waals surface area contributed by atoms with Gasteiger partial charge in [0.1, 0.15) is 5.76 Å². The number of anilines is 1. The fourth-order valence-corrected chi connectivity index (χ4v) is 2.30. The van der Waals surface area contributed by atoms with E-state index in [0.717, 1.165) is 15.2 Å². The van der Waals surface area contributed by atoms with Crippen LogP contribution in [0.1, 0.15) is 5.76 Å². The molecule has 0 spiro atoms. The minimum absolute atomic E-state index is 0.601. The topological polar surface area (TPSA) is 63.3 Å². The highest BCUT2D eigenvalue weighted by Gasteiger charge is 2.04. The van der Waals surface area contributed by atoms with Gasteiger partial charge in [-0.05, 0) is 31.9 Å². The van der Waals surface area contributed by atoms with Crippen molar-refractivity contribution in [1.29, 1.82) is 0 Å². The van der Waals surface area contributed by atoms with Crippen LogP contribution in [-0.2, 0) is 0 Å². The average molecular weight is 396 g/mol. The molecule has 3 rings (SSSR count). The van der Waals surface area contributed by atoms with Crippen molar-refractivity contribution < 1.29 is 4.42 Å². The number of nitrogens with one attached hydrogen (secondary N) is 1. The van der Waals surface area contributed by atoms with Crippen LogP contribution in [0.2, 0.25) is 0 Å². The van der Waals surface area contributed by atoms with Crippen LogP contribution < -0.4 is 5.43 Å². The Hall–Kier alpha value is -1.73. The van der Waals surface area contributed by atoms with Gasteiger partial charge in [0.05, 0.1) is 16.9 Å². The van der Waals surface area contributed by atoms with Crippen molar-refractivity contribution >= 4 is 54.7 Å². The van der Waals surface area contributed by atoms with Gasteiger partial charge in [0, 0.05) is 16.8 Å². The summed E-state index contributed by atoms with van der Waals surface area (Å²) in [5.74, 6) is 1.22. The number of nitrogens with zero attached hydrogens (tertiary/aromatic N) is 3. The Balaban J connectivity index is 1.83. The predicted octanol–water partition coefficient (Wildman–Crippen LogP) is 4.19. The van der Waals surface area contributed by atoms with E-state index in [1.165, 1.54) is 0 Å². The largest absolute Gasteiger partial charge is 0.447 e. The van der Waals surface area contributed by atoms with Gasteiger partial charge in [-0.2, -0.15) is 10.2 Å². The average Bonchev–Trinajstić information content (AvgIpc) is 2.78. The summed E-state index contributed by atoms with van der Waals surface area (Å²) in [6, 6.07) is 9.64. The number of hydrogen-bond acceptors (Lipinski definition) is 5. The lowest BCUT2D eigenvalue weighted by molar-refractivity contribution is 0.533. The zero-order chi connectivity index (χ0) is 13.9. The number of fused-ring (bicyclic) bond motifs is 1. The lowest BCUT2D eigenvalue weighted by Gasteiger charge is -2.02. The van der Waals surface area contributed by atoms with Crippen molar-refractivity contribution in [2.75, 3.05) is 5.43 Å². The summed E-state index contributed by atoms with van der Waals surface area (Å²) in [4.78, 5) is 0. The standard InChI is InChI=1S/C13H8Br2N4O/c14-11-5-9(20-12(11)15)7-17-19-13-10-4-2-1-3-8(10)6-16-18-13/h1-7H,(H,18,19)/b17-7-. The molecule has 0 saturated heterocycles. The molecule has 5 nitrogen and oxygen atoms in total. The van der Waals surface area contributed by atoms with Crippen LogP contribution in [0.25, 0.3) is 10.8 Å². The molecule has 20 heavy (non-hydrogen) atoms. The first-order chi connectivity index (χ1) is 9.74. The normalized spacial score (nSPS) is 11.3. The van der Waals surface area contributed by atoms with Crippen LogP contribution >= 0.6 is 31.9 Å². The Bertz CT molecular complexity index is 760. The molecule has 0 fully saturated rings. The number of benzene rings is 1. The van der Waals surface area contributed by atoms with Gasteiger partial charge in [0.15, 0.2) is 10.5 Å². The fraction of sp³-hybridized carbons (Fsp3) is 0. The molecule has 2 aromatic heterocycles. The van der Waals surface area contributed by atoms with Gasteiger partial charge in [0.2, 0.25) is 0 Å². The smallest absolute Gasteiger partial charge is 0.184 e. The third-order valence-corrected chi connectivity index (χ3v) is 4.31. The second-order valence-electron chi connectivity index (χ2n) is 3.92. The summed E-state index contributed by atoms with van der Waals surface area (Å²) in [7, 11) is 0. The minimum atomic E-state index is 0.601. The zero-order valence-electron chi connectivity index (χ0n) is 10.0. The van der Waals surface area contributed by atoms with Crippen molar-refractivity contribution in [3.8, 4) is 0 Å². The maximum atomic E-state index is 5.38. The second kappa shape index (κ2) is 5.72. The minimum Gasteiger partial charge on any atom is -0.447 e. The van der Waals surface area contributed by atoms with E-state index in [2.05, 4.69) is 52.6 Å². The van der Waals surface area contributed by atoms with E-state index in [0.29, 0.717) is 16.2 Å². The van der Waals surface area contributed by atoms with Crippen molar-refractivity contribution in [1.82, 2.24) is 10.2 Å². The molecule has 0 aliphatic heterocycles. The van der Waals surface area contributed by atoms with Crippen LogP contribution in [0, 0.1) is 0 Å². The number of hydrazone groups is 1. The quantitative estimate of drug-likeness (QED) is 0.533. The number of aromatic nitrogens is 2. The highest BCUT2D eigenvalue weighted by molar-refractivity contribution is 9.13. The molecular formula is C13H8Br2N4O. The molecule has 0 radical (unpaired) electrons. The zero-order valence-corrected chi connectivity index (χ0v) is 13.2. The van der Waals surface area contributed by atoms with Gasteiger partial charge >= 0.3 is 0 Å². The van der Waals surface area contributed by atoms with Crippen LogP contribution in [-0.4, -0.2) is 16.4 Å². The lowest BCUT2D eigenvalue weighted by Crippen LogP contribution is -1.96. The summed E-state index contributed by atoms with van der Waals surface area (Å²) in [6.07, 6.45) is 3.28. The third kappa shape index (κ3) is 2.73. The summed E-state index contributed by atoms with van der Waals surface area (Å²) < 4.78 is 6.85. The molecule has 0 unspecified atom stereocenters. The van der Waals surface area contributed by atoms with Crippen LogP contribution in [0.5, 0.6) is 0 Å². The van der Waals surface area contributed by atoms with Gasteiger partial charge in [-0.25, -0.2) is 0 Å². The molecular weight excluding hydrogens is 388 g/mol. The summed E-state index contributed by atoms with van der Waals surface area (Å²) >= 11 is 6.61. The fourth-order valence-electron chi connectivity index (χ4n) is 1.69. The van der Waals surface area contributed by atoms with E-state index in [-0.39, 0.29) is 0 Å². The van der Waals surface area contributed by atoms with E-state index in [1.54, 1.807) is 12.4 Å². The van der Waals surface area contributed by atoms with E-state index in [1.807, 2.05) is 30.3 Å². The molecule has 3 aromatic rings. The number of hydrogen-bond donors (Lipinski definition) is 1. The molecule has 7 heteroatoms. The Morgan fingerprint density at radius 2 is 2.10 bits per heavy atom. The first-order valence-corrected chi connectivity index (χ1v) is 7.27. The Morgan fingerprint density at radius 1 is 1.25 bits per heavy atom. The maximum Gasteiger partial charge on any atom is 0.184 e. The third-order valence-electron chi connectivity index (χ3n) is 2.60. The Morgan fingerprint density at radius 3 is 2.90 bits per heavy atom. The molecule has 2 heterocycles. The molecule has 1 N–H and O–H groups in total. The van der Waals surface area contributed by atoms with Gasteiger partial charge in [-0.3, -0.25) is 5.43 Å². The van der Waals surface area contributed by atoms with Crippen molar-refractivity contribution in [3.05, 3.63) is 51.4 Å². The first-order valence-electron chi connectivity index (χ1n) is 5.68. The van der Waals surface area contributed by atoms with Crippen LogP contribution in [0.3, 0.4) is 0 Å². The van der Waals surface area contributed by atoms with E-state index >= 15 is 0 Å². The maximum absolute atomic E-state index is 5.38. The highest BCUT2D eigenvalue weighted by atomic mass is 79.9. The van der Waals surface area contributed by atoms with Crippen LogP contribution in [0.15, 0.2) is 55.2 Å². The Kier molecular flexibility index (Phi) is 3.79. The second-order valence-corrected chi connectivity index (χ2v) is 5.50. The lowest BCUT2D eigenvalue weighted by atomic mass is 10.2. The molecule has 100 valence electrons.